The molecule has 1 N–H and O–H groups in total. The van der Waals surface area contributed by atoms with Gasteiger partial charge in [-0.3, -0.25) is 29.4 Å². The summed E-state index contributed by atoms with van der Waals surface area (Å²) in [5, 5.41) is 15.4. The van der Waals surface area contributed by atoms with E-state index in [0.29, 0.717) is 5.56 Å². The van der Waals surface area contributed by atoms with E-state index in [0.717, 1.165) is 33.0 Å². The number of hydrogen-bond acceptors (Lipinski definition) is 6. The maximum absolute atomic E-state index is 12.7. The van der Waals surface area contributed by atoms with Gasteiger partial charge in [0.15, 0.2) is 0 Å². The number of rotatable bonds is 7. The van der Waals surface area contributed by atoms with E-state index in [1.54, 1.807) is 0 Å². The lowest BCUT2D eigenvalue weighted by molar-refractivity contribution is -0.384. The molecule has 1 fully saturated rings. The van der Waals surface area contributed by atoms with Gasteiger partial charge in [-0.1, -0.05) is 60.1 Å². The SMILES string of the molecule is O=C(Cc1cccc2ccccc12)NCCN1C(=O)S/C(=C\c2ccc(Cl)c([N+](=O)[O-])c2)C1=O. The topological polar surface area (TPSA) is 110 Å². The van der Waals surface area contributed by atoms with Crippen LogP contribution in [0.15, 0.2) is 65.6 Å². The van der Waals surface area contributed by atoms with Crippen LogP contribution >= 0.6 is 23.4 Å². The zero-order chi connectivity index (χ0) is 24.2. The van der Waals surface area contributed by atoms with Crippen LogP contribution in [0, 0.1) is 10.1 Å². The predicted octanol–water partition coefficient (Wildman–Crippen LogP) is 4.80. The molecule has 172 valence electrons. The van der Waals surface area contributed by atoms with Crippen LogP contribution in [0.5, 0.6) is 0 Å². The number of carbonyl (C=O) groups excluding carboxylic acids is 3. The van der Waals surface area contributed by atoms with Crippen molar-refractivity contribution < 1.29 is 19.3 Å². The molecule has 10 heteroatoms. The third-order valence-corrected chi connectivity index (χ3v) is 6.45. The van der Waals surface area contributed by atoms with Gasteiger partial charge in [-0.05, 0) is 45.8 Å². The molecule has 0 radical (unpaired) electrons. The van der Waals surface area contributed by atoms with Crippen LogP contribution in [-0.4, -0.2) is 40.0 Å². The Labute approximate surface area is 203 Å². The summed E-state index contributed by atoms with van der Waals surface area (Å²) in [6.07, 6.45) is 1.59. The molecule has 3 aromatic carbocycles. The summed E-state index contributed by atoms with van der Waals surface area (Å²) >= 11 is 6.55. The number of nitro benzene ring substituents is 1. The lowest BCUT2D eigenvalue weighted by Crippen LogP contribution is -2.37. The first-order chi connectivity index (χ1) is 16.3. The smallest absolute Gasteiger partial charge is 0.293 e. The maximum atomic E-state index is 12.7. The van der Waals surface area contributed by atoms with Crippen molar-refractivity contribution in [1.29, 1.82) is 0 Å². The fourth-order valence-electron chi connectivity index (χ4n) is 3.59. The van der Waals surface area contributed by atoms with Crippen LogP contribution in [0.2, 0.25) is 5.02 Å². The first-order valence-corrected chi connectivity index (χ1v) is 11.5. The molecule has 0 saturated carbocycles. The molecule has 0 aromatic heterocycles. The number of nitro groups is 1. The fraction of sp³-hybridized carbons (Fsp3) is 0.125. The van der Waals surface area contributed by atoms with Gasteiger partial charge >= 0.3 is 0 Å². The molecule has 1 saturated heterocycles. The normalized spacial score (nSPS) is 14.7. The van der Waals surface area contributed by atoms with Crippen LogP contribution in [0.3, 0.4) is 0 Å². The van der Waals surface area contributed by atoms with Gasteiger partial charge in [0.2, 0.25) is 5.91 Å². The van der Waals surface area contributed by atoms with E-state index in [1.165, 1.54) is 24.3 Å². The van der Waals surface area contributed by atoms with Crippen molar-refractivity contribution in [2.75, 3.05) is 13.1 Å². The van der Waals surface area contributed by atoms with Crippen molar-refractivity contribution in [3.63, 3.8) is 0 Å². The van der Waals surface area contributed by atoms with Crippen LogP contribution in [0.25, 0.3) is 16.8 Å². The second kappa shape index (κ2) is 10.1. The van der Waals surface area contributed by atoms with Crippen molar-refractivity contribution in [2.24, 2.45) is 0 Å². The molecule has 4 rings (SSSR count). The summed E-state index contributed by atoms with van der Waals surface area (Å²) in [6.45, 7) is 0.130. The molecule has 34 heavy (non-hydrogen) atoms. The minimum absolute atomic E-state index is 0.0179. The molecule has 8 nitrogen and oxygen atoms in total. The van der Waals surface area contributed by atoms with Gasteiger partial charge in [0.05, 0.1) is 16.2 Å². The molecule has 0 bridgehead atoms. The van der Waals surface area contributed by atoms with Gasteiger partial charge < -0.3 is 5.32 Å². The Morgan fingerprint density at radius 2 is 1.88 bits per heavy atom. The fourth-order valence-corrected chi connectivity index (χ4v) is 4.64. The Kier molecular flexibility index (Phi) is 6.95. The third-order valence-electron chi connectivity index (χ3n) is 5.23. The molecule has 0 atom stereocenters. The minimum Gasteiger partial charge on any atom is -0.354 e. The summed E-state index contributed by atoms with van der Waals surface area (Å²) in [6, 6.07) is 17.7. The van der Waals surface area contributed by atoms with E-state index in [4.69, 9.17) is 11.6 Å². The van der Waals surface area contributed by atoms with E-state index in [1.807, 2.05) is 42.5 Å². The number of nitrogens with zero attached hydrogens (tertiary/aromatic N) is 2. The summed E-state index contributed by atoms with van der Waals surface area (Å²) in [7, 11) is 0. The second-order valence-electron chi connectivity index (χ2n) is 7.47. The number of benzene rings is 3. The number of imide groups is 1. The van der Waals surface area contributed by atoms with Gasteiger partial charge in [0.25, 0.3) is 16.8 Å². The standard InChI is InChI=1S/C24H18ClN3O5S/c25-19-9-8-15(12-20(19)28(32)33)13-21-23(30)27(24(31)34-21)11-10-26-22(29)14-17-6-3-5-16-4-1-2-7-18(16)17/h1-9,12-13H,10-11,14H2,(H,26,29)/b21-13-. The first-order valence-electron chi connectivity index (χ1n) is 10.3. The third kappa shape index (κ3) is 5.11. The van der Waals surface area contributed by atoms with Crippen molar-refractivity contribution in [2.45, 2.75) is 6.42 Å². The number of carbonyl (C=O) groups is 3. The largest absolute Gasteiger partial charge is 0.354 e. The summed E-state index contributed by atoms with van der Waals surface area (Å²) in [5.41, 5.74) is 0.982. The molecule has 0 aliphatic carbocycles. The van der Waals surface area contributed by atoms with Gasteiger partial charge in [-0.25, -0.2) is 0 Å². The molecule has 0 unspecified atom stereocenters. The van der Waals surface area contributed by atoms with Crippen LogP contribution < -0.4 is 5.32 Å². The monoisotopic (exact) mass is 495 g/mol. The first kappa shape index (κ1) is 23.5. The van der Waals surface area contributed by atoms with Crippen molar-refractivity contribution >= 4 is 63.0 Å². The number of nitrogens with one attached hydrogen (secondary N) is 1. The summed E-state index contributed by atoms with van der Waals surface area (Å²) in [5.74, 6) is -0.733. The van der Waals surface area contributed by atoms with E-state index < -0.39 is 16.1 Å². The highest BCUT2D eigenvalue weighted by molar-refractivity contribution is 8.18. The molecular formula is C24H18ClN3O5S. The molecule has 3 aromatic rings. The van der Waals surface area contributed by atoms with Crippen molar-refractivity contribution in [3.05, 3.63) is 91.8 Å². The minimum atomic E-state index is -0.619. The quantitative estimate of drug-likeness (QED) is 0.286. The molecule has 1 aliphatic rings. The van der Waals surface area contributed by atoms with Crippen molar-refractivity contribution in [1.82, 2.24) is 10.2 Å². The lowest BCUT2D eigenvalue weighted by Gasteiger charge is -2.13. The van der Waals surface area contributed by atoms with Crippen LogP contribution in [0.4, 0.5) is 10.5 Å². The highest BCUT2D eigenvalue weighted by atomic mass is 35.5. The second-order valence-corrected chi connectivity index (χ2v) is 8.87. The molecule has 1 heterocycles. The number of amides is 3. The van der Waals surface area contributed by atoms with Gasteiger partial charge in [-0.2, -0.15) is 0 Å². The summed E-state index contributed by atoms with van der Waals surface area (Å²) < 4.78 is 0. The molecule has 3 amide bonds. The van der Waals surface area contributed by atoms with Crippen LogP contribution in [-0.2, 0) is 16.0 Å². The number of hydrogen-bond donors (Lipinski definition) is 1. The molecule has 0 spiro atoms. The molecular weight excluding hydrogens is 478 g/mol. The maximum Gasteiger partial charge on any atom is 0.293 e. The summed E-state index contributed by atoms with van der Waals surface area (Å²) in [4.78, 5) is 49.0. The lowest BCUT2D eigenvalue weighted by atomic mass is 10.0. The zero-order valence-electron chi connectivity index (χ0n) is 17.7. The Morgan fingerprint density at radius 3 is 2.68 bits per heavy atom. The number of halogens is 1. The van der Waals surface area contributed by atoms with Crippen molar-refractivity contribution in [3.8, 4) is 0 Å². The Bertz CT molecular complexity index is 1350. The Morgan fingerprint density at radius 1 is 1.12 bits per heavy atom. The van der Waals surface area contributed by atoms with Gasteiger partial charge in [-0.15, -0.1) is 0 Å². The highest BCUT2D eigenvalue weighted by Crippen LogP contribution is 2.33. The highest BCUT2D eigenvalue weighted by Gasteiger charge is 2.34. The Hall–Kier alpha value is -3.69. The average molecular weight is 496 g/mol. The van der Waals surface area contributed by atoms with E-state index in [2.05, 4.69) is 5.32 Å². The zero-order valence-corrected chi connectivity index (χ0v) is 19.3. The average Bonchev–Trinajstić information content (AvgIpc) is 3.07. The number of thioether (sulfide) groups is 1. The number of fused-ring (bicyclic) bond motifs is 1. The van der Waals surface area contributed by atoms with Gasteiger partial charge in [0.1, 0.15) is 5.02 Å². The van der Waals surface area contributed by atoms with Gasteiger partial charge in [0, 0.05) is 19.2 Å². The Balaban J connectivity index is 1.36. The predicted molar refractivity (Wildman–Crippen MR) is 131 cm³/mol. The van der Waals surface area contributed by atoms with E-state index >= 15 is 0 Å². The van der Waals surface area contributed by atoms with Crippen LogP contribution in [0.1, 0.15) is 11.1 Å². The van der Waals surface area contributed by atoms with E-state index in [-0.39, 0.29) is 41.0 Å². The molecule has 1 aliphatic heterocycles. The van der Waals surface area contributed by atoms with E-state index in [9.17, 15) is 24.5 Å².